The van der Waals surface area contributed by atoms with Gasteiger partial charge in [-0.05, 0) is 67.1 Å². The number of ether oxygens (including phenoxy) is 1. The van der Waals surface area contributed by atoms with Gasteiger partial charge in [0.15, 0.2) is 0 Å². The van der Waals surface area contributed by atoms with E-state index in [1.165, 1.54) is 35.8 Å². The van der Waals surface area contributed by atoms with Gasteiger partial charge in [0.1, 0.15) is 17.3 Å². The number of carbonyl (C=O) groups is 2. The Labute approximate surface area is 197 Å². The highest BCUT2D eigenvalue weighted by Crippen LogP contribution is 2.45. The quantitative estimate of drug-likeness (QED) is 0.326. The summed E-state index contributed by atoms with van der Waals surface area (Å²) in [6.07, 6.45) is 4.10. The molecule has 172 valence electrons. The molecule has 0 spiro atoms. The van der Waals surface area contributed by atoms with Crippen molar-refractivity contribution >= 4 is 23.1 Å². The summed E-state index contributed by atoms with van der Waals surface area (Å²) < 4.78 is 19.6. The van der Waals surface area contributed by atoms with Crippen molar-refractivity contribution in [1.29, 1.82) is 0 Å². The van der Waals surface area contributed by atoms with Gasteiger partial charge in [-0.15, -0.1) is 0 Å². The van der Waals surface area contributed by atoms with Crippen LogP contribution in [0.3, 0.4) is 0 Å². The molecule has 5 rings (SSSR count). The average Bonchev–Trinajstić information content (AvgIpc) is 3.13. The lowest BCUT2D eigenvalue weighted by Crippen LogP contribution is -2.29. The number of aliphatic hydroxyl groups is 1. The second kappa shape index (κ2) is 8.78. The van der Waals surface area contributed by atoms with Gasteiger partial charge in [-0.25, -0.2) is 4.39 Å². The molecule has 1 unspecified atom stereocenters. The molecular formula is C28H24FNO4. The summed E-state index contributed by atoms with van der Waals surface area (Å²) in [5.41, 5.74) is 3.57. The standard InChI is InChI=1S/C28H24FNO4/c1-34-23-12-5-4-11-22(23)25-24(26(31)19-14-13-17-7-2-3-8-18(17)15-19)27(32)28(33)30(25)21-10-6-9-20(29)16-21/h4-6,9-16,25,31H,2-3,7-8H2,1H3/b26-24+. The number of benzene rings is 3. The van der Waals surface area contributed by atoms with Crippen molar-refractivity contribution < 1.29 is 23.8 Å². The molecule has 3 aromatic rings. The van der Waals surface area contributed by atoms with Crippen molar-refractivity contribution in [2.24, 2.45) is 0 Å². The molecule has 1 amide bonds. The van der Waals surface area contributed by atoms with Crippen LogP contribution >= 0.6 is 0 Å². The summed E-state index contributed by atoms with van der Waals surface area (Å²) in [5.74, 6) is -1.99. The number of Topliss-reactive ketones (excluding diaryl/α,β-unsaturated/α-hetero) is 1. The van der Waals surface area contributed by atoms with E-state index in [0.29, 0.717) is 16.9 Å². The predicted octanol–water partition coefficient (Wildman–Crippen LogP) is 5.34. The molecule has 5 nitrogen and oxygen atoms in total. The van der Waals surface area contributed by atoms with Gasteiger partial charge in [0.25, 0.3) is 11.7 Å². The molecule has 0 aromatic heterocycles. The lowest BCUT2D eigenvalue weighted by Gasteiger charge is -2.26. The van der Waals surface area contributed by atoms with Crippen LogP contribution in [0.15, 0.2) is 72.3 Å². The van der Waals surface area contributed by atoms with Crippen molar-refractivity contribution in [3.63, 3.8) is 0 Å². The van der Waals surface area contributed by atoms with Crippen molar-refractivity contribution in [2.45, 2.75) is 31.7 Å². The normalized spacial score (nSPS) is 19.2. The van der Waals surface area contributed by atoms with Crippen LogP contribution in [0.25, 0.3) is 5.76 Å². The number of ketones is 1. The fourth-order valence-electron chi connectivity index (χ4n) is 4.95. The summed E-state index contributed by atoms with van der Waals surface area (Å²) in [7, 11) is 1.50. The van der Waals surface area contributed by atoms with Gasteiger partial charge in [0, 0.05) is 16.8 Å². The van der Waals surface area contributed by atoms with Crippen LogP contribution in [0.2, 0.25) is 0 Å². The average molecular weight is 458 g/mol. The van der Waals surface area contributed by atoms with Crippen molar-refractivity contribution in [3.8, 4) is 5.75 Å². The van der Waals surface area contributed by atoms with E-state index in [4.69, 9.17) is 4.74 Å². The minimum absolute atomic E-state index is 0.0467. The molecule has 1 N–H and O–H groups in total. The number of anilines is 1. The van der Waals surface area contributed by atoms with Gasteiger partial charge in [-0.1, -0.05) is 36.4 Å². The second-order valence-corrected chi connectivity index (χ2v) is 8.58. The Morgan fingerprint density at radius 1 is 0.971 bits per heavy atom. The molecular weight excluding hydrogens is 433 g/mol. The Bertz CT molecular complexity index is 1330. The zero-order chi connectivity index (χ0) is 23.8. The number of rotatable bonds is 4. The van der Waals surface area contributed by atoms with Crippen molar-refractivity contribution in [1.82, 2.24) is 0 Å². The topological polar surface area (TPSA) is 66.8 Å². The molecule has 6 heteroatoms. The number of nitrogens with zero attached hydrogens (tertiary/aromatic N) is 1. The zero-order valence-electron chi connectivity index (χ0n) is 18.8. The van der Waals surface area contributed by atoms with E-state index < -0.39 is 23.5 Å². The number of hydrogen-bond donors (Lipinski definition) is 1. The molecule has 1 aliphatic heterocycles. The first-order chi connectivity index (χ1) is 16.5. The fraction of sp³-hybridized carbons (Fsp3) is 0.214. The maximum absolute atomic E-state index is 14.1. The molecule has 1 heterocycles. The van der Waals surface area contributed by atoms with Crippen LogP contribution in [0.4, 0.5) is 10.1 Å². The van der Waals surface area contributed by atoms with Crippen LogP contribution in [-0.4, -0.2) is 23.9 Å². The SMILES string of the molecule is COc1ccccc1C1/C(=C(\O)c2ccc3c(c2)CCCC3)C(=O)C(=O)N1c1cccc(F)c1. The number of carbonyl (C=O) groups excluding carboxylic acids is 2. The summed E-state index contributed by atoms with van der Waals surface area (Å²) in [6, 6.07) is 17.2. The molecule has 1 saturated heterocycles. The maximum atomic E-state index is 14.1. The van der Waals surface area contributed by atoms with Crippen molar-refractivity contribution in [3.05, 3.63) is 100 Å². The minimum Gasteiger partial charge on any atom is -0.507 e. The van der Waals surface area contributed by atoms with Gasteiger partial charge >= 0.3 is 0 Å². The highest BCUT2D eigenvalue weighted by molar-refractivity contribution is 6.51. The number of halogens is 1. The lowest BCUT2D eigenvalue weighted by atomic mass is 9.88. The largest absolute Gasteiger partial charge is 0.507 e. The van der Waals surface area contributed by atoms with Gasteiger partial charge in [0.05, 0.1) is 18.7 Å². The predicted molar refractivity (Wildman–Crippen MR) is 127 cm³/mol. The van der Waals surface area contributed by atoms with E-state index in [2.05, 4.69) is 0 Å². The number of aryl methyl sites for hydroxylation is 2. The molecule has 2 aliphatic rings. The third kappa shape index (κ3) is 3.65. The van der Waals surface area contributed by atoms with E-state index in [-0.39, 0.29) is 17.0 Å². The van der Waals surface area contributed by atoms with Crippen LogP contribution < -0.4 is 9.64 Å². The summed E-state index contributed by atoms with van der Waals surface area (Å²) in [5, 5.41) is 11.4. The first-order valence-electron chi connectivity index (χ1n) is 11.3. The number of aliphatic hydroxyl groups excluding tert-OH is 1. The second-order valence-electron chi connectivity index (χ2n) is 8.58. The Morgan fingerprint density at radius 3 is 2.50 bits per heavy atom. The first-order valence-corrected chi connectivity index (χ1v) is 11.3. The maximum Gasteiger partial charge on any atom is 0.300 e. The van der Waals surface area contributed by atoms with Gasteiger partial charge in [-0.2, -0.15) is 0 Å². The molecule has 0 radical (unpaired) electrons. The third-order valence-corrected chi connectivity index (χ3v) is 6.59. The fourth-order valence-corrected chi connectivity index (χ4v) is 4.95. The van der Waals surface area contributed by atoms with E-state index >= 15 is 0 Å². The summed E-state index contributed by atoms with van der Waals surface area (Å²) >= 11 is 0. The van der Waals surface area contributed by atoms with Crippen LogP contribution in [0.1, 0.15) is 41.1 Å². The highest BCUT2D eigenvalue weighted by atomic mass is 19.1. The summed E-state index contributed by atoms with van der Waals surface area (Å²) in [4.78, 5) is 27.8. The van der Waals surface area contributed by atoms with E-state index in [0.717, 1.165) is 31.2 Å². The lowest BCUT2D eigenvalue weighted by molar-refractivity contribution is -0.132. The Kier molecular flexibility index (Phi) is 5.65. The minimum atomic E-state index is -0.978. The number of methoxy groups -OCH3 is 1. The molecule has 34 heavy (non-hydrogen) atoms. The molecule has 1 fully saturated rings. The molecule has 1 aliphatic carbocycles. The first kappa shape index (κ1) is 21.9. The number of amides is 1. The number of hydrogen-bond acceptors (Lipinski definition) is 4. The molecule has 0 bridgehead atoms. The van der Waals surface area contributed by atoms with Crippen LogP contribution in [0, 0.1) is 5.82 Å². The Morgan fingerprint density at radius 2 is 1.74 bits per heavy atom. The number of para-hydroxylation sites is 1. The highest BCUT2D eigenvalue weighted by Gasteiger charge is 2.48. The van der Waals surface area contributed by atoms with E-state index in [9.17, 15) is 19.1 Å². The molecule has 3 aromatic carbocycles. The van der Waals surface area contributed by atoms with E-state index in [1.807, 2.05) is 12.1 Å². The Balaban J connectivity index is 1.73. The Hall–Kier alpha value is -3.93. The van der Waals surface area contributed by atoms with Gasteiger partial charge in [-0.3, -0.25) is 14.5 Å². The van der Waals surface area contributed by atoms with Crippen LogP contribution in [0.5, 0.6) is 5.75 Å². The monoisotopic (exact) mass is 457 g/mol. The summed E-state index contributed by atoms with van der Waals surface area (Å²) in [6.45, 7) is 0. The van der Waals surface area contributed by atoms with Crippen LogP contribution in [-0.2, 0) is 22.4 Å². The third-order valence-electron chi connectivity index (χ3n) is 6.59. The number of fused-ring (bicyclic) bond motifs is 1. The molecule has 1 atom stereocenters. The van der Waals surface area contributed by atoms with Gasteiger partial charge in [0.2, 0.25) is 0 Å². The van der Waals surface area contributed by atoms with Crippen molar-refractivity contribution in [2.75, 3.05) is 12.0 Å². The molecule has 0 saturated carbocycles. The van der Waals surface area contributed by atoms with Gasteiger partial charge < -0.3 is 9.84 Å². The van der Waals surface area contributed by atoms with E-state index in [1.54, 1.807) is 36.4 Å². The zero-order valence-corrected chi connectivity index (χ0v) is 18.8. The smallest absolute Gasteiger partial charge is 0.300 e.